The summed E-state index contributed by atoms with van der Waals surface area (Å²) in [6.07, 6.45) is 5.68. The van der Waals surface area contributed by atoms with E-state index in [1.165, 1.54) is 84.6 Å². The van der Waals surface area contributed by atoms with Gasteiger partial charge in [0.15, 0.2) is 0 Å². The second kappa shape index (κ2) is 12.2. The molecule has 3 heteroatoms. The molecular formula is C27H57N3. The third-order valence-corrected chi connectivity index (χ3v) is 5.63. The third-order valence-electron chi connectivity index (χ3n) is 5.63. The van der Waals surface area contributed by atoms with Crippen molar-refractivity contribution in [2.75, 3.05) is 58.9 Å². The summed E-state index contributed by atoms with van der Waals surface area (Å²) in [6, 6.07) is 0. The summed E-state index contributed by atoms with van der Waals surface area (Å²) in [4.78, 5) is 7.65. The normalized spacial score (nSPS) is 22.2. The Balaban J connectivity index is 0.000000226. The average molecular weight is 424 g/mol. The van der Waals surface area contributed by atoms with E-state index in [1.54, 1.807) is 0 Å². The number of likely N-dealkylation sites (tertiary alicyclic amines) is 3. The minimum Gasteiger partial charge on any atom is -0.303 e. The molecule has 0 radical (unpaired) electrons. The van der Waals surface area contributed by atoms with Crippen LogP contribution in [0.5, 0.6) is 0 Å². The summed E-state index contributed by atoms with van der Waals surface area (Å²) >= 11 is 0. The van der Waals surface area contributed by atoms with Gasteiger partial charge in [-0.1, -0.05) is 75.7 Å². The van der Waals surface area contributed by atoms with Crippen molar-refractivity contribution in [2.45, 2.75) is 94.9 Å². The summed E-state index contributed by atoms with van der Waals surface area (Å²) < 4.78 is 0. The molecule has 0 N–H and O–H groups in total. The molecule has 3 aliphatic rings. The Morgan fingerprint density at radius 1 is 0.500 bits per heavy atom. The third kappa shape index (κ3) is 14.8. The highest BCUT2D eigenvalue weighted by Crippen LogP contribution is 2.22. The molecule has 30 heavy (non-hydrogen) atoms. The number of hydrogen-bond acceptors (Lipinski definition) is 3. The van der Waals surface area contributed by atoms with E-state index in [9.17, 15) is 0 Å². The van der Waals surface area contributed by atoms with Crippen molar-refractivity contribution < 1.29 is 0 Å². The van der Waals surface area contributed by atoms with E-state index in [-0.39, 0.29) is 0 Å². The fraction of sp³-hybridized carbons (Fsp3) is 1.00. The van der Waals surface area contributed by atoms with E-state index in [1.807, 2.05) is 0 Å². The molecule has 0 atom stereocenters. The van der Waals surface area contributed by atoms with Gasteiger partial charge in [0, 0.05) is 32.7 Å². The van der Waals surface area contributed by atoms with Gasteiger partial charge < -0.3 is 14.7 Å². The molecule has 0 bridgehead atoms. The van der Waals surface area contributed by atoms with E-state index >= 15 is 0 Å². The van der Waals surface area contributed by atoms with E-state index in [4.69, 9.17) is 0 Å². The van der Waals surface area contributed by atoms with Crippen LogP contribution in [0.15, 0.2) is 0 Å². The summed E-state index contributed by atoms with van der Waals surface area (Å²) in [5, 5.41) is 0. The largest absolute Gasteiger partial charge is 0.303 e. The van der Waals surface area contributed by atoms with Crippen LogP contribution in [0.25, 0.3) is 0 Å². The molecule has 0 spiro atoms. The maximum absolute atomic E-state index is 2.60. The fourth-order valence-electron chi connectivity index (χ4n) is 4.63. The Labute approximate surface area is 191 Å². The van der Waals surface area contributed by atoms with Crippen molar-refractivity contribution in [1.82, 2.24) is 14.7 Å². The first-order valence-corrected chi connectivity index (χ1v) is 12.8. The highest BCUT2D eigenvalue weighted by atomic mass is 15.2. The first-order chi connectivity index (χ1) is 13.6. The predicted molar refractivity (Wildman–Crippen MR) is 135 cm³/mol. The Morgan fingerprint density at radius 2 is 0.833 bits per heavy atom. The molecular weight excluding hydrogens is 366 g/mol. The number of piperidine rings is 1. The van der Waals surface area contributed by atoms with Crippen LogP contribution in [0.3, 0.4) is 0 Å². The second-order valence-electron chi connectivity index (χ2n) is 13.9. The quantitative estimate of drug-likeness (QED) is 0.532. The molecule has 3 nitrogen and oxygen atoms in total. The van der Waals surface area contributed by atoms with Crippen molar-refractivity contribution in [2.24, 2.45) is 22.2 Å². The first-order valence-electron chi connectivity index (χ1n) is 12.8. The lowest BCUT2D eigenvalue weighted by molar-refractivity contribution is 0.0738. The molecule has 0 saturated carbocycles. The van der Waals surface area contributed by atoms with Crippen LogP contribution in [0.4, 0.5) is 0 Å². The standard InChI is InChI=1S/C10H21N.C9H19N.C8H17N/c1-10(2,3)9-11-7-5-4-6-8-11;1-8-5-10(6-8)7-9(2,3)4;1-8(2,3)7-9-5-4-6-9/h4-9H2,1-3H3;8H,5-7H2,1-4H3;4-7H2,1-3H3. The van der Waals surface area contributed by atoms with Gasteiger partial charge in [0.25, 0.3) is 0 Å². The van der Waals surface area contributed by atoms with Gasteiger partial charge in [-0.2, -0.15) is 0 Å². The second-order valence-corrected chi connectivity index (χ2v) is 13.9. The maximum atomic E-state index is 2.60. The SMILES string of the molecule is CC(C)(C)CN1CCC1.CC(C)(C)CN1CCCCC1.CC1CN(CC(C)(C)C)C1. The number of hydrogen-bond donors (Lipinski definition) is 0. The zero-order valence-corrected chi connectivity index (χ0v) is 22.6. The van der Waals surface area contributed by atoms with E-state index in [0.29, 0.717) is 16.2 Å². The Kier molecular flexibility index (Phi) is 11.4. The smallest absolute Gasteiger partial charge is 0.00303 e. The molecule has 0 amide bonds. The molecule has 0 aliphatic carbocycles. The van der Waals surface area contributed by atoms with Crippen molar-refractivity contribution in [3.8, 4) is 0 Å². The van der Waals surface area contributed by atoms with Crippen LogP contribution in [0, 0.1) is 22.2 Å². The van der Waals surface area contributed by atoms with Crippen molar-refractivity contribution >= 4 is 0 Å². The van der Waals surface area contributed by atoms with Gasteiger partial charge in [-0.05, 0) is 67.6 Å². The molecule has 0 aromatic rings. The lowest BCUT2D eigenvalue weighted by atomic mass is 9.92. The lowest BCUT2D eigenvalue weighted by Gasteiger charge is -2.41. The molecule has 0 unspecified atom stereocenters. The highest BCUT2D eigenvalue weighted by molar-refractivity contribution is 4.80. The van der Waals surface area contributed by atoms with Crippen LogP contribution >= 0.6 is 0 Å². The fourth-order valence-corrected chi connectivity index (χ4v) is 4.63. The van der Waals surface area contributed by atoms with Crippen molar-refractivity contribution in [3.63, 3.8) is 0 Å². The van der Waals surface area contributed by atoms with Gasteiger partial charge in [0.2, 0.25) is 0 Å². The molecule has 3 heterocycles. The van der Waals surface area contributed by atoms with Gasteiger partial charge >= 0.3 is 0 Å². The Morgan fingerprint density at radius 3 is 1.10 bits per heavy atom. The Hall–Kier alpha value is -0.120. The molecule has 3 saturated heterocycles. The lowest BCUT2D eigenvalue weighted by Crippen LogP contribution is -2.48. The van der Waals surface area contributed by atoms with Gasteiger partial charge in [-0.25, -0.2) is 0 Å². The first kappa shape index (κ1) is 27.9. The van der Waals surface area contributed by atoms with Gasteiger partial charge in [0.05, 0.1) is 0 Å². The zero-order chi connectivity index (χ0) is 23.0. The van der Waals surface area contributed by atoms with Crippen LogP contribution in [0.1, 0.15) is 94.9 Å². The van der Waals surface area contributed by atoms with Crippen LogP contribution in [-0.2, 0) is 0 Å². The van der Waals surface area contributed by atoms with Gasteiger partial charge in [-0.15, -0.1) is 0 Å². The van der Waals surface area contributed by atoms with Crippen LogP contribution in [-0.4, -0.2) is 73.6 Å². The topological polar surface area (TPSA) is 9.72 Å². The van der Waals surface area contributed by atoms with E-state index < -0.39 is 0 Å². The van der Waals surface area contributed by atoms with Crippen LogP contribution in [0.2, 0.25) is 0 Å². The predicted octanol–water partition coefficient (Wildman–Crippen LogP) is 6.24. The molecule has 0 aromatic carbocycles. The number of nitrogens with zero attached hydrogens (tertiary/aromatic N) is 3. The van der Waals surface area contributed by atoms with E-state index in [2.05, 4.69) is 83.9 Å². The highest BCUT2D eigenvalue weighted by Gasteiger charge is 2.26. The Bertz CT molecular complexity index is 436. The van der Waals surface area contributed by atoms with Crippen molar-refractivity contribution in [1.29, 1.82) is 0 Å². The molecule has 180 valence electrons. The zero-order valence-electron chi connectivity index (χ0n) is 22.6. The summed E-state index contributed by atoms with van der Waals surface area (Å²) in [6.45, 7) is 34.8. The van der Waals surface area contributed by atoms with Crippen molar-refractivity contribution in [3.05, 3.63) is 0 Å². The number of rotatable bonds is 3. The summed E-state index contributed by atoms with van der Waals surface area (Å²) in [7, 11) is 0. The average Bonchev–Trinajstić information content (AvgIpc) is 2.48. The monoisotopic (exact) mass is 423 g/mol. The minimum absolute atomic E-state index is 0.483. The molecule has 3 fully saturated rings. The molecule has 3 aliphatic heterocycles. The van der Waals surface area contributed by atoms with Crippen LogP contribution < -0.4 is 0 Å². The minimum atomic E-state index is 0.483. The van der Waals surface area contributed by atoms with Gasteiger partial charge in [0.1, 0.15) is 0 Å². The van der Waals surface area contributed by atoms with E-state index in [0.717, 1.165) is 5.92 Å². The maximum Gasteiger partial charge on any atom is 0.00303 e. The summed E-state index contributed by atoms with van der Waals surface area (Å²) in [5.41, 5.74) is 1.47. The summed E-state index contributed by atoms with van der Waals surface area (Å²) in [5.74, 6) is 0.947. The molecule has 3 rings (SSSR count). The van der Waals surface area contributed by atoms with Gasteiger partial charge in [-0.3, -0.25) is 0 Å². The molecule has 0 aromatic heterocycles.